The number of unbranched alkanes of at least 4 members (excludes halogenated alkanes) is 1. The molecule has 0 aliphatic carbocycles. The Labute approximate surface area is 105 Å². The van der Waals surface area contributed by atoms with E-state index in [1.165, 1.54) is 0 Å². The maximum atomic E-state index is 9.60. The van der Waals surface area contributed by atoms with E-state index in [1.807, 2.05) is 30.3 Å². The topological polar surface area (TPSA) is 29.5 Å². The van der Waals surface area contributed by atoms with Crippen molar-refractivity contribution >= 4 is 0 Å². The molecule has 0 saturated heterocycles. The first-order valence-electron chi connectivity index (χ1n) is 6.55. The normalized spacial score (nSPS) is 14.3. The van der Waals surface area contributed by atoms with Crippen LogP contribution in [0.1, 0.15) is 39.5 Å². The minimum Gasteiger partial charge on any atom is -0.493 e. The molecule has 1 unspecified atom stereocenters. The van der Waals surface area contributed by atoms with Gasteiger partial charge in [0.2, 0.25) is 0 Å². The molecule has 0 fully saturated rings. The molecular weight excluding hydrogens is 212 g/mol. The SMILES string of the molecule is CCCCC(CC)(CO)COc1ccccc1. The molecule has 1 atom stereocenters. The minimum absolute atomic E-state index is 0.0775. The fraction of sp³-hybridized carbons (Fsp3) is 0.600. The van der Waals surface area contributed by atoms with Gasteiger partial charge in [-0.05, 0) is 25.0 Å². The van der Waals surface area contributed by atoms with Crippen molar-refractivity contribution in [2.75, 3.05) is 13.2 Å². The second kappa shape index (κ2) is 7.33. The van der Waals surface area contributed by atoms with Crippen molar-refractivity contribution in [1.82, 2.24) is 0 Å². The highest BCUT2D eigenvalue weighted by Crippen LogP contribution is 2.29. The van der Waals surface area contributed by atoms with E-state index in [0.29, 0.717) is 6.61 Å². The fourth-order valence-corrected chi connectivity index (χ4v) is 1.89. The lowest BCUT2D eigenvalue weighted by Crippen LogP contribution is -2.32. The molecule has 2 nitrogen and oxygen atoms in total. The molecular formula is C15H24O2. The van der Waals surface area contributed by atoms with Crippen molar-refractivity contribution in [3.63, 3.8) is 0 Å². The summed E-state index contributed by atoms with van der Waals surface area (Å²) in [5.74, 6) is 0.885. The van der Waals surface area contributed by atoms with Gasteiger partial charge in [-0.3, -0.25) is 0 Å². The third kappa shape index (κ3) is 4.39. The Morgan fingerprint density at radius 3 is 2.41 bits per heavy atom. The van der Waals surface area contributed by atoms with E-state index in [9.17, 15) is 5.11 Å². The van der Waals surface area contributed by atoms with Gasteiger partial charge in [-0.1, -0.05) is 44.9 Å². The molecule has 0 aliphatic rings. The summed E-state index contributed by atoms with van der Waals surface area (Å²) in [5, 5.41) is 9.60. The Morgan fingerprint density at radius 1 is 1.18 bits per heavy atom. The van der Waals surface area contributed by atoms with Crippen LogP contribution in [0.2, 0.25) is 0 Å². The lowest BCUT2D eigenvalue weighted by molar-refractivity contribution is 0.0526. The molecule has 2 heteroatoms. The second-order valence-corrected chi connectivity index (χ2v) is 4.72. The first kappa shape index (κ1) is 14.0. The van der Waals surface area contributed by atoms with Gasteiger partial charge >= 0.3 is 0 Å². The Kier molecular flexibility index (Phi) is 6.06. The Morgan fingerprint density at radius 2 is 1.88 bits per heavy atom. The van der Waals surface area contributed by atoms with Gasteiger partial charge in [0.05, 0.1) is 13.2 Å². The van der Waals surface area contributed by atoms with Crippen LogP contribution in [0.5, 0.6) is 5.75 Å². The minimum atomic E-state index is -0.0775. The van der Waals surface area contributed by atoms with E-state index in [-0.39, 0.29) is 12.0 Å². The quantitative estimate of drug-likeness (QED) is 0.746. The van der Waals surface area contributed by atoms with Crippen molar-refractivity contribution in [3.8, 4) is 5.75 Å². The molecule has 17 heavy (non-hydrogen) atoms. The summed E-state index contributed by atoms with van der Waals surface area (Å²) >= 11 is 0. The van der Waals surface area contributed by atoms with E-state index in [2.05, 4.69) is 13.8 Å². The van der Waals surface area contributed by atoms with Crippen molar-refractivity contribution in [2.24, 2.45) is 5.41 Å². The van der Waals surface area contributed by atoms with E-state index >= 15 is 0 Å². The van der Waals surface area contributed by atoms with Crippen molar-refractivity contribution < 1.29 is 9.84 Å². The van der Waals surface area contributed by atoms with Crippen LogP contribution in [0.15, 0.2) is 30.3 Å². The zero-order chi connectivity index (χ0) is 12.6. The van der Waals surface area contributed by atoms with Crippen LogP contribution >= 0.6 is 0 Å². The van der Waals surface area contributed by atoms with E-state index in [1.54, 1.807) is 0 Å². The molecule has 1 aromatic carbocycles. The maximum Gasteiger partial charge on any atom is 0.119 e. The lowest BCUT2D eigenvalue weighted by Gasteiger charge is -2.30. The second-order valence-electron chi connectivity index (χ2n) is 4.72. The van der Waals surface area contributed by atoms with Gasteiger partial charge in [0, 0.05) is 5.41 Å². The number of aliphatic hydroxyl groups excluding tert-OH is 1. The Balaban J connectivity index is 2.54. The van der Waals surface area contributed by atoms with Crippen LogP contribution in [0.3, 0.4) is 0 Å². The van der Waals surface area contributed by atoms with Gasteiger partial charge in [0.1, 0.15) is 5.75 Å². The van der Waals surface area contributed by atoms with E-state index in [4.69, 9.17) is 4.74 Å². The molecule has 96 valence electrons. The summed E-state index contributed by atoms with van der Waals surface area (Å²) in [6.45, 7) is 5.11. The molecule has 0 bridgehead atoms. The van der Waals surface area contributed by atoms with Crippen LogP contribution in [-0.2, 0) is 0 Å². The average molecular weight is 236 g/mol. The maximum absolute atomic E-state index is 9.60. The highest BCUT2D eigenvalue weighted by Gasteiger charge is 2.27. The number of hydrogen-bond donors (Lipinski definition) is 1. The molecule has 0 spiro atoms. The summed E-state index contributed by atoms with van der Waals surface area (Å²) in [6.07, 6.45) is 4.29. The van der Waals surface area contributed by atoms with Crippen LogP contribution < -0.4 is 4.74 Å². The Hall–Kier alpha value is -1.02. The largest absolute Gasteiger partial charge is 0.493 e. The number of benzene rings is 1. The van der Waals surface area contributed by atoms with Gasteiger partial charge in [-0.25, -0.2) is 0 Å². The highest BCUT2D eigenvalue weighted by atomic mass is 16.5. The highest BCUT2D eigenvalue weighted by molar-refractivity contribution is 5.21. The molecule has 0 aliphatic heterocycles. The van der Waals surface area contributed by atoms with Gasteiger partial charge in [0.15, 0.2) is 0 Å². The first-order valence-corrected chi connectivity index (χ1v) is 6.55. The predicted octanol–water partition coefficient (Wildman–Crippen LogP) is 3.64. The van der Waals surface area contributed by atoms with E-state index < -0.39 is 0 Å². The molecule has 0 aromatic heterocycles. The van der Waals surface area contributed by atoms with Crippen molar-refractivity contribution in [2.45, 2.75) is 39.5 Å². The van der Waals surface area contributed by atoms with Gasteiger partial charge in [0.25, 0.3) is 0 Å². The molecule has 1 N–H and O–H groups in total. The summed E-state index contributed by atoms with van der Waals surface area (Å²) < 4.78 is 5.79. The van der Waals surface area contributed by atoms with Crippen LogP contribution in [0, 0.1) is 5.41 Å². The van der Waals surface area contributed by atoms with Gasteiger partial charge < -0.3 is 9.84 Å². The summed E-state index contributed by atoms with van der Waals surface area (Å²) in [6, 6.07) is 9.82. The van der Waals surface area contributed by atoms with Crippen molar-refractivity contribution in [3.05, 3.63) is 30.3 Å². The summed E-state index contributed by atoms with van der Waals surface area (Å²) in [7, 11) is 0. The molecule has 0 radical (unpaired) electrons. The third-order valence-corrected chi connectivity index (χ3v) is 3.43. The smallest absolute Gasteiger partial charge is 0.119 e. The molecule has 0 amide bonds. The molecule has 1 rings (SSSR count). The number of ether oxygens (including phenoxy) is 1. The fourth-order valence-electron chi connectivity index (χ4n) is 1.89. The zero-order valence-corrected chi connectivity index (χ0v) is 11.0. The predicted molar refractivity (Wildman–Crippen MR) is 71.3 cm³/mol. The van der Waals surface area contributed by atoms with Crippen molar-refractivity contribution in [1.29, 1.82) is 0 Å². The average Bonchev–Trinajstić information content (AvgIpc) is 2.41. The number of aliphatic hydroxyl groups is 1. The van der Waals surface area contributed by atoms with Gasteiger partial charge in [-0.15, -0.1) is 0 Å². The number of hydrogen-bond acceptors (Lipinski definition) is 2. The molecule has 0 heterocycles. The first-order chi connectivity index (χ1) is 8.26. The number of para-hydroxylation sites is 1. The zero-order valence-electron chi connectivity index (χ0n) is 11.0. The summed E-state index contributed by atoms with van der Waals surface area (Å²) in [4.78, 5) is 0. The monoisotopic (exact) mass is 236 g/mol. The third-order valence-electron chi connectivity index (χ3n) is 3.43. The van der Waals surface area contributed by atoms with Crippen LogP contribution in [0.4, 0.5) is 0 Å². The lowest BCUT2D eigenvalue weighted by atomic mass is 9.82. The molecule has 0 saturated carbocycles. The standard InChI is InChI=1S/C15H24O2/c1-3-5-11-15(4-2,12-16)13-17-14-9-7-6-8-10-14/h6-10,16H,3-5,11-13H2,1-2H3. The van der Waals surface area contributed by atoms with Crippen LogP contribution in [0.25, 0.3) is 0 Å². The molecule has 1 aromatic rings. The number of rotatable bonds is 8. The van der Waals surface area contributed by atoms with Gasteiger partial charge in [-0.2, -0.15) is 0 Å². The van der Waals surface area contributed by atoms with Crippen LogP contribution in [-0.4, -0.2) is 18.3 Å². The Bertz CT molecular complexity index is 291. The summed E-state index contributed by atoms with van der Waals surface area (Å²) in [5.41, 5.74) is -0.0775. The van der Waals surface area contributed by atoms with E-state index in [0.717, 1.165) is 31.4 Å².